The third-order valence-electron chi connectivity index (χ3n) is 2.31. The molecule has 1 unspecified atom stereocenters. The van der Waals surface area contributed by atoms with E-state index >= 15 is 0 Å². The minimum absolute atomic E-state index is 0.0706. The largest absolute Gasteiger partial charge is 0.481 e. The zero-order chi connectivity index (χ0) is 16.1. The van der Waals surface area contributed by atoms with Crippen molar-refractivity contribution in [2.24, 2.45) is 5.73 Å². The van der Waals surface area contributed by atoms with Gasteiger partial charge in [-0.15, -0.1) is 0 Å². The number of benzene rings is 1. The van der Waals surface area contributed by atoms with E-state index in [0.717, 1.165) is 5.56 Å². The minimum Gasteiger partial charge on any atom is -0.481 e. The lowest BCUT2D eigenvalue weighted by molar-refractivity contribution is -0.137. The molecule has 21 heavy (non-hydrogen) atoms. The molecule has 1 atom stereocenters. The number of hydrogen-bond acceptors (Lipinski definition) is 4. The first-order valence-electron chi connectivity index (χ1n) is 6.55. The quantitative estimate of drug-likeness (QED) is 0.567. The Kier molecular flexibility index (Phi) is 10.5. The van der Waals surface area contributed by atoms with Gasteiger partial charge in [-0.25, -0.2) is 4.79 Å². The number of nitrogens with two attached hydrogens (primary N) is 1. The van der Waals surface area contributed by atoms with Crippen molar-refractivity contribution in [3.63, 3.8) is 0 Å². The molecule has 7 heteroatoms. The van der Waals surface area contributed by atoms with E-state index in [1.165, 1.54) is 0 Å². The van der Waals surface area contributed by atoms with Crippen molar-refractivity contribution in [2.75, 3.05) is 6.61 Å². The van der Waals surface area contributed by atoms with Crippen LogP contribution < -0.4 is 11.1 Å². The SMILES string of the molecule is CCOC(N)CCC(=O)O.O=C(O)NCc1ccccc1. The number of aliphatic carboxylic acids is 1. The van der Waals surface area contributed by atoms with Crippen molar-refractivity contribution >= 4 is 12.1 Å². The van der Waals surface area contributed by atoms with Gasteiger partial charge < -0.3 is 26.0 Å². The Labute approximate surface area is 123 Å². The van der Waals surface area contributed by atoms with E-state index in [-0.39, 0.29) is 6.42 Å². The molecule has 1 aromatic rings. The van der Waals surface area contributed by atoms with E-state index < -0.39 is 18.3 Å². The summed E-state index contributed by atoms with van der Waals surface area (Å²) < 4.78 is 4.91. The smallest absolute Gasteiger partial charge is 0.404 e. The molecule has 5 N–H and O–H groups in total. The first kappa shape index (κ1) is 18.9. The van der Waals surface area contributed by atoms with Crippen LogP contribution in [-0.4, -0.2) is 35.1 Å². The Balaban J connectivity index is 0.000000384. The number of hydrogen-bond donors (Lipinski definition) is 4. The summed E-state index contributed by atoms with van der Waals surface area (Å²) in [5.41, 5.74) is 6.31. The van der Waals surface area contributed by atoms with Crippen LogP contribution in [0.3, 0.4) is 0 Å². The molecule has 0 spiro atoms. The van der Waals surface area contributed by atoms with Gasteiger partial charge in [-0.3, -0.25) is 4.79 Å². The molecule has 7 nitrogen and oxygen atoms in total. The second-order valence-electron chi connectivity index (χ2n) is 4.07. The zero-order valence-electron chi connectivity index (χ0n) is 12.0. The summed E-state index contributed by atoms with van der Waals surface area (Å²) >= 11 is 0. The number of nitrogens with one attached hydrogen (secondary N) is 1. The number of ether oxygens (including phenoxy) is 1. The summed E-state index contributed by atoms with van der Waals surface area (Å²) in [7, 11) is 0. The maximum Gasteiger partial charge on any atom is 0.404 e. The molecule has 0 aliphatic heterocycles. The predicted octanol–water partition coefficient (Wildman–Crippen LogP) is 1.63. The lowest BCUT2D eigenvalue weighted by atomic mass is 10.2. The zero-order valence-corrected chi connectivity index (χ0v) is 12.0. The number of carboxylic acids is 1. The molecule has 0 aliphatic rings. The first-order chi connectivity index (χ1) is 9.95. The molecule has 0 saturated carbocycles. The lowest BCUT2D eigenvalue weighted by Crippen LogP contribution is -2.24. The molecular weight excluding hydrogens is 276 g/mol. The van der Waals surface area contributed by atoms with Crippen LogP contribution in [0.15, 0.2) is 30.3 Å². The molecule has 0 aliphatic carbocycles. The monoisotopic (exact) mass is 298 g/mol. The highest BCUT2D eigenvalue weighted by Crippen LogP contribution is 1.96. The summed E-state index contributed by atoms with van der Waals surface area (Å²) in [5.74, 6) is -0.838. The van der Waals surface area contributed by atoms with Crippen molar-refractivity contribution in [1.82, 2.24) is 5.32 Å². The Hall–Kier alpha value is -2.12. The Morgan fingerprint density at radius 3 is 2.38 bits per heavy atom. The highest BCUT2D eigenvalue weighted by atomic mass is 16.5. The van der Waals surface area contributed by atoms with Crippen LogP contribution in [-0.2, 0) is 16.1 Å². The maximum atomic E-state index is 10.1. The molecule has 0 saturated heterocycles. The topological polar surface area (TPSA) is 122 Å². The number of carboxylic acid groups (broad SMARTS) is 2. The average Bonchev–Trinajstić information content (AvgIpc) is 2.45. The molecule has 1 aromatic carbocycles. The van der Waals surface area contributed by atoms with Crippen LogP contribution in [0.2, 0.25) is 0 Å². The van der Waals surface area contributed by atoms with Crippen molar-refractivity contribution < 1.29 is 24.5 Å². The molecule has 0 bridgehead atoms. The summed E-state index contributed by atoms with van der Waals surface area (Å²) in [6, 6.07) is 9.38. The highest BCUT2D eigenvalue weighted by Gasteiger charge is 2.03. The van der Waals surface area contributed by atoms with Crippen molar-refractivity contribution in [3.8, 4) is 0 Å². The Morgan fingerprint density at radius 1 is 1.29 bits per heavy atom. The van der Waals surface area contributed by atoms with Crippen LogP contribution in [0.25, 0.3) is 0 Å². The number of rotatable bonds is 7. The molecule has 0 fully saturated rings. The molecular formula is C14H22N2O5. The molecule has 0 radical (unpaired) electrons. The molecule has 118 valence electrons. The van der Waals surface area contributed by atoms with Crippen LogP contribution in [0.5, 0.6) is 0 Å². The first-order valence-corrected chi connectivity index (χ1v) is 6.55. The van der Waals surface area contributed by atoms with Crippen molar-refractivity contribution in [1.29, 1.82) is 0 Å². The molecule has 0 aromatic heterocycles. The second-order valence-corrected chi connectivity index (χ2v) is 4.07. The normalized spacial score (nSPS) is 11.0. The third kappa shape index (κ3) is 12.6. The van der Waals surface area contributed by atoms with Crippen LogP contribution >= 0.6 is 0 Å². The van der Waals surface area contributed by atoms with E-state index in [0.29, 0.717) is 19.6 Å². The lowest BCUT2D eigenvalue weighted by Gasteiger charge is -2.08. The fourth-order valence-corrected chi connectivity index (χ4v) is 1.34. The van der Waals surface area contributed by atoms with E-state index in [9.17, 15) is 9.59 Å². The van der Waals surface area contributed by atoms with Gasteiger partial charge >= 0.3 is 12.1 Å². The van der Waals surface area contributed by atoms with E-state index in [4.69, 9.17) is 20.7 Å². The van der Waals surface area contributed by atoms with E-state index in [1.54, 1.807) is 0 Å². The minimum atomic E-state index is -0.992. The summed E-state index contributed by atoms with van der Waals surface area (Å²) in [6.45, 7) is 2.72. The average molecular weight is 298 g/mol. The highest BCUT2D eigenvalue weighted by molar-refractivity contribution is 5.66. The van der Waals surface area contributed by atoms with Gasteiger partial charge in [0.15, 0.2) is 0 Å². The second kappa shape index (κ2) is 11.7. The van der Waals surface area contributed by atoms with Crippen molar-refractivity contribution in [2.45, 2.75) is 32.5 Å². The molecule has 1 amide bonds. The standard InChI is InChI=1S/C8H9NO2.C6H13NO3/c10-8(11)9-6-7-4-2-1-3-5-7;1-2-10-5(7)3-4-6(8)9/h1-5,9H,6H2,(H,10,11);5H,2-4,7H2,1H3,(H,8,9). The van der Waals surface area contributed by atoms with Gasteiger partial charge in [0.2, 0.25) is 0 Å². The third-order valence-corrected chi connectivity index (χ3v) is 2.31. The summed E-state index contributed by atoms with van der Waals surface area (Å²) in [5, 5.41) is 18.8. The van der Waals surface area contributed by atoms with Gasteiger partial charge in [-0.2, -0.15) is 0 Å². The van der Waals surface area contributed by atoms with Gasteiger partial charge in [-0.1, -0.05) is 30.3 Å². The Bertz CT molecular complexity index is 411. The summed E-state index contributed by atoms with van der Waals surface area (Å²) in [6.07, 6.45) is -0.973. The molecule has 0 heterocycles. The summed E-state index contributed by atoms with van der Waals surface area (Å²) in [4.78, 5) is 20.1. The van der Waals surface area contributed by atoms with Gasteiger partial charge in [0.1, 0.15) is 6.23 Å². The van der Waals surface area contributed by atoms with E-state index in [2.05, 4.69) is 5.32 Å². The van der Waals surface area contributed by atoms with Gasteiger partial charge in [0.05, 0.1) is 0 Å². The van der Waals surface area contributed by atoms with Crippen LogP contribution in [0, 0.1) is 0 Å². The molecule has 1 rings (SSSR count). The Morgan fingerprint density at radius 2 is 1.90 bits per heavy atom. The van der Waals surface area contributed by atoms with Gasteiger partial charge in [-0.05, 0) is 18.9 Å². The number of carbonyl (C=O) groups is 2. The number of amides is 1. The van der Waals surface area contributed by atoms with Gasteiger partial charge in [0.25, 0.3) is 0 Å². The fraction of sp³-hybridized carbons (Fsp3) is 0.429. The maximum absolute atomic E-state index is 10.1. The van der Waals surface area contributed by atoms with Gasteiger partial charge in [0, 0.05) is 19.6 Å². The van der Waals surface area contributed by atoms with E-state index in [1.807, 2.05) is 37.3 Å². The van der Waals surface area contributed by atoms with Crippen LogP contribution in [0.1, 0.15) is 25.3 Å². The van der Waals surface area contributed by atoms with Crippen molar-refractivity contribution in [3.05, 3.63) is 35.9 Å². The van der Waals surface area contributed by atoms with Crippen LogP contribution in [0.4, 0.5) is 4.79 Å². The predicted molar refractivity (Wildman–Crippen MR) is 77.8 cm³/mol. The fourth-order valence-electron chi connectivity index (χ4n) is 1.34.